The molecule has 0 N–H and O–H groups in total. The van der Waals surface area contributed by atoms with E-state index in [2.05, 4.69) is 24.9 Å². The van der Waals surface area contributed by atoms with E-state index in [0.29, 0.717) is 23.5 Å². The Bertz CT molecular complexity index is 1330. The first kappa shape index (κ1) is 15.3. The quantitative estimate of drug-likeness (QED) is 0.425. The maximum atomic E-state index is 11.8. The van der Waals surface area contributed by atoms with Crippen molar-refractivity contribution in [3.05, 3.63) is 71.5 Å². The Labute approximate surface area is 152 Å². The maximum Gasteiger partial charge on any atom is 0.264 e. The summed E-state index contributed by atoms with van der Waals surface area (Å²) >= 11 is 0. The molecule has 6 rings (SSSR count). The van der Waals surface area contributed by atoms with E-state index in [-0.39, 0.29) is 5.56 Å². The van der Waals surface area contributed by atoms with Crippen LogP contribution >= 0.6 is 0 Å². The van der Waals surface area contributed by atoms with Gasteiger partial charge in [-0.2, -0.15) is 4.98 Å². The number of para-hydroxylation sites is 1. The Kier molecular flexibility index (Phi) is 3.46. The fraction of sp³-hybridized carbons (Fsp3) is 0.0526. The largest absolute Gasteiger partial charge is 0.291 e. The van der Waals surface area contributed by atoms with Crippen molar-refractivity contribution in [1.29, 1.82) is 0 Å². The number of aromatic nitrogens is 6. The highest BCUT2D eigenvalue weighted by molar-refractivity contribution is 5.79. The molecule has 8 nitrogen and oxygen atoms in total. The lowest BCUT2D eigenvalue weighted by molar-refractivity contribution is 0.834. The molecule has 0 unspecified atom stereocenters. The van der Waals surface area contributed by atoms with Crippen LogP contribution in [0.4, 0.5) is 5.95 Å². The second-order valence-electron chi connectivity index (χ2n) is 5.95. The van der Waals surface area contributed by atoms with Crippen molar-refractivity contribution in [1.82, 2.24) is 28.9 Å². The topological polar surface area (TPSA) is 90.3 Å². The lowest BCUT2D eigenvalue weighted by atomic mass is 10.2. The third-order valence-corrected chi connectivity index (χ3v) is 4.26. The fourth-order valence-corrected chi connectivity index (χ4v) is 2.96. The van der Waals surface area contributed by atoms with Gasteiger partial charge in [0.15, 0.2) is 5.65 Å². The minimum Gasteiger partial charge on any atom is -0.291 e. The van der Waals surface area contributed by atoms with Gasteiger partial charge in [0, 0.05) is 36.4 Å². The molecule has 0 atom stereocenters. The van der Waals surface area contributed by atoms with Crippen LogP contribution in [0.2, 0.25) is 0 Å². The van der Waals surface area contributed by atoms with Crippen LogP contribution in [0.25, 0.3) is 27.7 Å². The summed E-state index contributed by atoms with van der Waals surface area (Å²) in [5.41, 5.74) is 1.37. The number of rotatable bonds is 0. The molecule has 5 aromatic rings. The van der Waals surface area contributed by atoms with Gasteiger partial charge < -0.3 is 0 Å². The van der Waals surface area contributed by atoms with Gasteiger partial charge in [0.25, 0.3) is 5.56 Å². The normalized spacial score (nSPS) is 12.3. The third-order valence-electron chi connectivity index (χ3n) is 4.26. The van der Waals surface area contributed by atoms with Crippen molar-refractivity contribution in [2.24, 2.45) is 4.99 Å². The number of imidazole rings is 1. The zero-order valence-corrected chi connectivity index (χ0v) is 14.1. The minimum atomic E-state index is -0.0735. The number of aliphatic imine (C=N–C) groups is 1. The molecule has 1 aliphatic heterocycles. The first-order chi connectivity index (χ1) is 13.3. The van der Waals surface area contributed by atoms with Gasteiger partial charge in [0.05, 0.1) is 17.4 Å². The van der Waals surface area contributed by atoms with Gasteiger partial charge in [-0.3, -0.25) is 13.8 Å². The molecule has 8 heteroatoms. The molecule has 0 spiro atoms. The molecule has 0 fully saturated rings. The lowest BCUT2D eigenvalue weighted by Gasteiger charge is -2.01. The van der Waals surface area contributed by atoms with E-state index in [1.165, 1.54) is 4.57 Å². The molecule has 0 saturated carbocycles. The second-order valence-corrected chi connectivity index (χ2v) is 5.95. The summed E-state index contributed by atoms with van der Waals surface area (Å²) in [5, 5.41) is 1.68. The summed E-state index contributed by atoms with van der Waals surface area (Å²) < 4.78 is 3.45. The summed E-state index contributed by atoms with van der Waals surface area (Å²) in [4.78, 5) is 32.5. The molecule has 0 amide bonds. The standard InChI is InChI=1S/C10H7N3.C9H6N4O/c1-2-4-9-8(3-1)7-13-6-5-11-10(13)12-9;14-8-6-2-1-3-10-7(6)12-9-11-4-5-13(8)9/h1-7H;1-4H,5H2. The van der Waals surface area contributed by atoms with Crippen molar-refractivity contribution in [2.75, 3.05) is 0 Å². The second kappa shape index (κ2) is 6.10. The van der Waals surface area contributed by atoms with E-state index < -0.39 is 0 Å². The van der Waals surface area contributed by atoms with Crippen LogP contribution in [0.15, 0.2) is 71.0 Å². The lowest BCUT2D eigenvalue weighted by Crippen LogP contribution is -2.19. The van der Waals surface area contributed by atoms with Crippen LogP contribution in [0, 0.1) is 0 Å². The number of hydrogen-bond acceptors (Lipinski definition) is 6. The smallest absolute Gasteiger partial charge is 0.264 e. The van der Waals surface area contributed by atoms with Crippen molar-refractivity contribution >= 4 is 39.9 Å². The Hall–Kier alpha value is -3.94. The molecule has 1 aromatic carbocycles. The van der Waals surface area contributed by atoms with Crippen LogP contribution in [-0.4, -0.2) is 35.1 Å². The molecule has 0 radical (unpaired) electrons. The summed E-state index contributed by atoms with van der Waals surface area (Å²) in [7, 11) is 0. The van der Waals surface area contributed by atoms with Crippen LogP contribution in [-0.2, 0) is 6.54 Å². The molecule has 130 valence electrons. The van der Waals surface area contributed by atoms with E-state index in [4.69, 9.17) is 0 Å². The highest BCUT2D eigenvalue weighted by Gasteiger charge is 2.12. The molecule has 0 saturated heterocycles. The zero-order valence-electron chi connectivity index (χ0n) is 14.1. The third kappa shape index (κ3) is 2.63. The Morgan fingerprint density at radius 1 is 0.963 bits per heavy atom. The highest BCUT2D eigenvalue weighted by Crippen LogP contribution is 2.14. The van der Waals surface area contributed by atoms with Gasteiger partial charge >= 0.3 is 0 Å². The Morgan fingerprint density at radius 2 is 1.89 bits per heavy atom. The first-order valence-electron chi connectivity index (χ1n) is 8.36. The van der Waals surface area contributed by atoms with Gasteiger partial charge in [-0.15, -0.1) is 0 Å². The van der Waals surface area contributed by atoms with Crippen LogP contribution in [0.1, 0.15) is 0 Å². The number of pyridine rings is 1. The van der Waals surface area contributed by atoms with Crippen LogP contribution in [0.3, 0.4) is 0 Å². The van der Waals surface area contributed by atoms with Gasteiger partial charge in [-0.25, -0.2) is 19.9 Å². The number of benzene rings is 1. The van der Waals surface area contributed by atoms with E-state index in [9.17, 15) is 4.79 Å². The Morgan fingerprint density at radius 3 is 2.85 bits per heavy atom. The molecular weight excluding hydrogens is 342 g/mol. The van der Waals surface area contributed by atoms with Crippen LogP contribution in [0.5, 0.6) is 0 Å². The van der Waals surface area contributed by atoms with Crippen molar-refractivity contribution in [3.8, 4) is 0 Å². The van der Waals surface area contributed by atoms with Gasteiger partial charge in [-0.05, 0) is 18.2 Å². The van der Waals surface area contributed by atoms with Crippen molar-refractivity contribution in [2.45, 2.75) is 6.54 Å². The van der Waals surface area contributed by atoms with Crippen LogP contribution < -0.4 is 5.56 Å². The summed E-state index contributed by atoms with van der Waals surface area (Å²) in [6.45, 7) is 0.506. The van der Waals surface area contributed by atoms with E-state index in [0.717, 1.165) is 16.7 Å². The molecule has 0 aliphatic carbocycles. The molecule has 5 heterocycles. The number of nitrogens with zero attached hydrogens (tertiary/aromatic N) is 7. The highest BCUT2D eigenvalue weighted by atomic mass is 16.1. The fourth-order valence-electron chi connectivity index (χ4n) is 2.96. The number of hydrogen-bond donors (Lipinski definition) is 0. The van der Waals surface area contributed by atoms with Gasteiger partial charge in [0.1, 0.15) is 0 Å². The average Bonchev–Trinajstić information content (AvgIpc) is 3.36. The number of fused-ring (bicyclic) bond motifs is 4. The summed E-state index contributed by atoms with van der Waals surface area (Å²) in [6, 6.07) is 11.5. The monoisotopic (exact) mass is 355 g/mol. The van der Waals surface area contributed by atoms with E-state index in [1.807, 2.05) is 41.1 Å². The maximum absolute atomic E-state index is 11.8. The first-order valence-corrected chi connectivity index (χ1v) is 8.36. The molecule has 27 heavy (non-hydrogen) atoms. The van der Waals surface area contributed by atoms with Crippen molar-refractivity contribution < 1.29 is 0 Å². The zero-order chi connectivity index (χ0) is 18.2. The van der Waals surface area contributed by atoms with E-state index >= 15 is 0 Å². The predicted molar refractivity (Wildman–Crippen MR) is 102 cm³/mol. The average molecular weight is 355 g/mol. The minimum absolute atomic E-state index is 0.0735. The SMILES string of the molecule is O=c1c2cccnc2nc2n1CC=N2.c1ccc2nc3nccn3cc2c1. The van der Waals surface area contributed by atoms with Gasteiger partial charge in [0.2, 0.25) is 11.7 Å². The molecule has 4 aromatic heterocycles. The van der Waals surface area contributed by atoms with Crippen molar-refractivity contribution in [3.63, 3.8) is 0 Å². The Balaban J connectivity index is 0.000000119. The molecule has 1 aliphatic rings. The predicted octanol–water partition coefficient (Wildman–Crippen LogP) is 2.39. The van der Waals surface area contributed by atoms with Gasteiger partial charge in [-0.1, -0.05) is 18.2 Å². The summed E-state index contributed by atoms with van der Waals surface area (Å²) in [5.74, 6) is 1.19. The molecule has 0 bridgehead atoms. The van der Waals surface area contributed by atoms with E-state index in [1.54, 1.807) is 30.7 Å². The summed E-state index contributed by atoms with van der Waals surface area (Å²) in [6.07, 6.45) is 8.97. The molecular formula is C19H13N7O.